The molecule has 1 fully saturated rings. The molecule has 0 aliphatic heterocycles. The smallest absolute Gasteiger partial charge is 0.228 e. The standard InChI is InChI=1S/C15H22N4OS/c1-2-7-16-12(11-5-3-4-6-11)8-14-18-15(19-20-14)13-9-21-10-17-13/h9-12,16H,2-8H2,1H3. The van der Waals surface area contributed by atoms with Gasteiger partial charge < -0.3 is 9.84 Å². The number of nitrogens with one attached hydrogen (secondary N) is 1. The van der Waals surface area contributed by atoms with Crippen molar-refractivity contribution in [3.8, 4) is 11.5 Å². The molecule has 0 amide bonds. The van der Waals surface area contributed by atoms with Crippen molar-refractivity contribution in [2.75, 3.05) is 6.54 Å². The lowest BCUT2D eigenvalue weighted by Crippen LogP contribution is -2.37. The van der Waals surface area contributed by atoms with E-state index in [0.717, 1.165) is 36.9 Å². The Morgan fingerprint density at radius 1 is 1.43 bits per heavy atom. The lowest BCUT2D eigenvalue weighted by Gasteiger charge is -2.23. The maximum Gasteiger partial charge on any atom is 0.228 e. The van der Waals surface area contributed by atoms with Crippen molar-refractivity contribution in [3.05, 3.63) is 16.8 Å². The second kappa shape index (κ2) is 7.13. The van der Waals surface area contributed by atoms with Gasteiger partial charge in [-0.15, -0.1) is 11.3 Å². The van der Waals surface area contributed by atoms with Gasteiger partial charge in [-0.3, -0.25) is 0 Å². The Morgan fingerprint density at radius 2 is 2.29 bits per heavy atom. The van der Waals surface area contributed by atoms with E-state index in [-0.39, 0.29) is 0 Å². The normalized spacial score (nSPS) is 17.4. The third kappa shape index (κ3) is 3.68. The Bertz CT molecular complexity index is 534. The molecule has 0 spiro atoms. The highest BCUT2D eigenvalue weighted by Crippen LogP contribution is 2.29. The quantitative estimate of drug-likeness (QED) is 0.850. The first-order valence-corrected chi connectivity index (χ1v) is 8.75. The fourth-order valence-electron chi connectivity index (χ4n) is 3.05. The molecule has 5 nitrogen and oxygen atoms in total. The summed E-state index contributed by atoms with van der Waals surface area (Å²) in [7, 11) is 0. The molecular weight excluding hydrogens is 284 g/mol. The maximum absolute atomic E-state index is 5.42. The van der Waals surface area contributed by atoms with Gasteiger partial charge in [0.05, 0.1) is 5.51 Å². The van der Waals surface area contributed by atoms with E-state index in [1.165, 1.54) is 25.7 Å². The molecule has 21 heavy (non-hydrogen) atoms. The molecule has 1 saturated carbocycles. The van der Waals surface area contributed by atoms with Crippen LogP contribution in [0.15, 0.2) is 15.4 Å². The Morgan fingerprint density at radius 3 is 3.00 bits per heavy atom. The second-order valence-electron chi connectivity index (χ2n) is 5.69. The molecule has 6 heteroatoms. The molecule has 2 aromatic rings. The van der Waals surface area contributed by atoms with Gasteiger partial charge in [0.15, 0.2) is 0 Å². The zero-order chi connectivity index (χ0) is 14.5. The highest BCUT2D eigenvalue weighted by Gasteiger charge is 2.26. The van der Waals surface area contributed by atoms with Crippen LogP contribution in [-0.2, 0) is 6.42 Å². The van der Waals surface area contributed by atoms with Gasteiger partial charge in [-0.25, -0.2) is 4.98 Å². The first kappa shape index (κ1) is 14.7. The third-order valence-corrected chi connectivity index (χ3v) is 4.74. The molecule has 1 aliphatic rings. The minimum atomic E-state index is 0.455. The molecule has 2 aromatic heterocycles. The van der Waals surface area contributed by atoms with Crippen LogP contribution in [0.2, 0.25) is 0 Å². The number of hydrogen-bond acceptors (Lipinski definition) is 6. The van der Waals surface area contributed by atoms with Gasteiger partial charge >= 0.3 is 0 Å². The van der Waals surface area contributed by atoms with Crippen LogP contribution in [-0.4, -0.2) is 27.7 Å². The van der Waals surface area contributed by atoms with Gasteiger partial charge in [0.25, 0.3) is 0 Å². The van der Waals surface area contributed by atoms with Crippen LogP contribution >= 0.6 is 11.3 Å². The van der Waals surface area contributed by atoms with Gasteiger partial charge in [0, 0.05) is 17.8 Å². The summed E-state index contributed by atoms with van der Waals surface area (Å²) < 4.78 is 5.42. The van der Waals surface area contributed by atoms with Crippen LogP contribution in [0, 0.1) is 5.92 Å². The van der Waals surface area contributed by atoms with E-state index in [1.54, 1.807) is 16.8 Å². The Labute approximate surface area is 129 Å². The van der Waals surface area contributed by atoms with Crippen LogP contribution in [0.4, 0.5) is 0 Å². The molecule has 1 atom stereocenters. The average molecular weight is 306 g/mol. The van der Waals surface area contributed by atoms with E-state index in [9.17, 15) is 0 Å². The predicted octanol–water partition coefficient (Wildman–Crippen LogP) is 3.29. The number of nitrogens with zero attached hydrogens (tertiary/aromatic N) is 3. The van der Waals surface area contributed by atoms with Crippen molar-refractivity contribution < 1.29 is 4.52 Å². The van der Waals surface area contributed by atoms with Crippen molar-refractivity contribution in [2.45, 2.75) is 51.5 Å². The lowest BCUT2D eigenvalue weighted by atomic mass is 9.95. The molecule has 1 N–H and O–H groups in total. The van der Waals surface area contributed by atoms with Crippen molar-refractivity contribution in [3.63, 3.8) is 0 Å². The predicted molar refractivity (Wildman–Crippen MR) is 83.1 cm³/mol. The zero-order valence-corrected chi connectivity index (χ0v) is 13.2. The monoisotopic (exact) mass is 306 g/mol. The van der Waals surface area contributed by atoms with Crippen LogP contribution < -0.4 is 5.32 Å². The van der Waals surface area contributed by atoms with Gasteiger partial charge in [0.1, 0.15) is 5.69 Å². The number of rotatable bonds is 7. The van der Waals surface area contributed by atoms with Crippen LogP contribution in [0.1, 0.15) is 44.9 Å². The Balaban J connectivity index is 1.67. The molecule has 1 unspecified atom stereocenters. The molecule has 114 valence electrons. The van der Waals surface area contributed by atoms with Crippen LogP contribution in [0.5, 0.6) is 0 Å². The minimum absolute atomic E-state index is 0.455. The fraction of sp³-hybridized carbons (Fsp3) is 0.667. The summed E-state index contributed by atoms with van der Waals surface area (Å²) in [6.45, 7) is 3.25. The fourth-order valence-corrected chi connectivity index (χ4v) is 3.58. The van der Waals surface area contributed by atoms with Gasteiger partial charge in [-0.05, 0) is 31.7 Å². The number of hydrogen-bond donors (Lipinski definition) is 1. The first-order valence-electron chi connectivity index (χ1n) is 7.81. The summed E-state index contributed by atoms with van der Waals surface area (Å²) >= 11 is 1.54. The van der Waals surface area contributed by atoms with E-state index in [0.29, 0.717) is 11.9 Å². The molecule has 0 saturated heterocycles. The van der Waals surface area contributed by atoms with Gasteiger partial charge in [-0.2, -0.15) is 4.98 Å². The SMILES string of the molecule is CCCNC(Cc1nc(-c2cscn2)no1)C1CCCC1. The first-order chi connectivity index (χ1) is 10.4. The van der Waals surface area contributed by atoms with E-state index >= 15 is 0 Å². The largest absolute Gasteiger partial charge is 0.339 e. The Hall–Kier alpha value is -1.27. The van der Waals surface area contributed by atoms with Gasteiger partial charge in [-0.1, -0.05) is 24.9 Å². The van der Waals surface area contributed by atoms with E-state index in [2.05, 4.69) is 27.4 Å². The average Bonchev–Trinajstić information content (AvgIpc) is 3.24. The van der Waals surface area contributed by atoms with Crippen molar-refractivity contribution in [1.29, 1.82) is 0 Å². The zero-order valence-electron chi connectivity index (χ0n) is 12.4. The van der Waals surface area contributed by atoms with Crippen LogP contribution in [0.25, 0.3) is 11.5 Å². The summed E-state index contributed by atoms with van der Waals surface area (Å²) in [4.78, 5) is 8.72. The van der Waals surface area contributed by atoms with E-state index in [1.807, 2.05) is 5.38 Å². The lowest BCUT2D eigenvalue weighted by molar-refractivity contribution is 0.308. The second-order valence-corrected chi connectivity index (χ2v) is 6.41. The van der Waals surface area contributed by atoms with E-state index < -0.39 is 0 Å². The third-order valence-electron chi connectivity index (χ3n) is 4.15. The molecule has 0 aromatic carbocycles. The molecule has 1 aliphatic carbocycles. The summed E-state index contributed by atoms with van der Waals surface area (Å²) in [6.07, 6.45) is 7.30. The van der Waals surface area contributed by atoms with Crippen molar-refractivity contribution in [1.82, 2.24) is 20.4 Å². The summed E-state index contributed by atoms with van der Waals surface area (Å²) in [5.74, 6) is 2.07. The number of thiazole rings is 1. The van der Waals surface area contributed by atoms with E-state index in [4.69, 9.17) is 4.52 Å². The highest BCUT2D eigenvalue weighted by molar-refractivity contribution is 7.07. The molecule has 2 heterocycles. The summed E-state index contributed by atoms with van der Waals surface area (Å²) in [5, 5.41) is 9.65. The Kier molecular flexibility index (Phi) is 4.98. The maximum atomic E-state index is 5.42. The molecule has 0 radical (unpaired) electrons. The van der Waals surface area contributed by atoms with Crippen molar-refractivity contribution >= 4 is 11.3 Å². The highest BCUT2D eigenvalue weighted by atomic mass is 32.1. The topological polar surface area (TPSA) is 63.8 Å². The summed E-state index contributed by atoms with van der Waals surface area (Å²) in [5.41, 5.74) is 2.59. The number of aromatic nitrogens is 3. The summed E-state index contributed by atoms with van der Waals surface area (Å²) in [6, 6.07) is 0.455. The van der Waals surface area contributed by atoms with Crippen LogP contribution in [0.3, 0.4) is 0 Å². The van der Waals surface area contributed by atoms with Crippen molar-refractivity contribution in [2.24, 2.45) is 5.92 Å². The molecule has 3 rings (SSSR count). The minimum Gasteiger partial charge on any atom is -0.339 e. The molecular formula is C15H22N4OS. The molecule has 0 bridgehead atoms. The van der Waals surface area contributed by atoms with Gasteiger partial charge in [0.2, 0.25) is 11.7 Å².